The van der Waals surface area contributed by atoms with E-state index in [1.54, 1.807) is 0 Å². The summed E-state index contributed by atoms with van der Waals surface area (Å²) < 4.78 is 10.3. The van der Waals surface area contributed by atoms with Crippen molar-refractivity contribution in [2.45, 2.75) is 37.2 Å². The Morgan fingerprint density at radius 3 is 1.04 bits per heavy atom. The molecule has 5 heterocycles. The first-order valence-electron chi connectivity index (χ1n) is 6.27. The van der Waals surface area contributed by atoms with Crippen molar-refractivity contribution in [3.8, 4) is 0 Å². The molecule has 0 aromatic heterocycles. The minimum absolute atomic E-state index is 0.223. The molecule has 6 atom stereocenters. The highest BCUT2D eigenvalue weighted by molar-refractivity contribution is 5.01. The molecule has 18 nitrogen and oxygen atoms in total. The zero-order valence-corrected chi connectivity index (χ0v) is 11.1. The van der Waals surface area contributed by atoms with Gasteiger partial charge in [0.1, 0.15) is 0 Å². The van der Waals surface area contributed by atoms with E-state index >= 15 is 0 Å². The average molecular weight is 350 g/mol. The van der Waals surface area contributed by atoms with E-state index in [4.69, 9.17) is 9.47 Å². The van der Waals surface area contributed by atoms with Gasteiger partial charge in [0.2, 0.25) is 24.9 Å². The van der Waals surface area contributed by atoms with Crippen molar-refractivity contribution in [1.82, 2.24) is 20.0 Å². The molecule has 0 aromatic carbocycles. The maximum atomic E-state index is 11.3. The normalized spacial score (nSPS) is 38.7. The van der Waals surface area contributed by atoms with E-state index in [-0.39, 0.29) is 20.0 Å². The predicted molar refractivity (Wildman–Crippen MR) is 60.2 cm³/mol. The second-order valence-electron chi connectivity index (χ2n) is 5.13. The van der Waals surface area contributed by atoms with Crippen molar-refractivity contribution < 1.29 is 29.6 Å². The maximum absolute atomic E-state index is 11.3. The van der Waals surface area contributed by atoms with Gasteiger partial charge >= 0.3 is 0 Å². The number of rotatable bonds is 4. The summed E-state index contributed by atoms with van der Waals surface area (Å²) >= 11 is 0. The predicted octanol–water partition coefficient (Wildman–Crippen LogP) is -2.99. The fourth-order valence-corrected chi connectivity index (χ4v) is 3.47. The number of nitro groups is 4. The molecule has 0 aliphatic carbocycles. The molecular formula is C6H6N8O10. The first kappa shape index (κ1) is 14.3. The molecule has 0 N–H and O–H groups in total. The van der Waals surface area contributed by atoms with Crippen molar-refractivity contribution in [2.24, 2.45) is 0 Å². The molecule has 5 saturated heterocycles. The summed E-state index contributed by atoms with van der Waals surface area (Å²) in [7, 11) is 0. The fraction of sp³-hybridized carbons (Fsp3) is 1.00. The van der Waals surface area contributed by atoms with Gasteiger partial charge in [0, 0.05) is 0 Å². The van der Waals surface area contributed by atoms with Crippen LogP contribution in [0, 0.1) is 40.5 Å². The van der Waals surface area contributed by atoms with Gasteiger partial charge in [-0.05, 0) is 0 Å². The Morgan fingerprint density at radius 2 is 0.792 bits per heavy atom. The molecule has 6 bridgehead atoms. The van der Waals surface area contributed by atoms with E-state index < -0.39 is 57.4 Å². The molecule has 5 aliphatic rings. The van der Waals surface area contributed by atoms with Crippen LogP contribution in [0.5, 0.6) is 0 Å². The highest BCUT2D eigenvalue weighted by Crippen LogP contribution is 2.48. The molecule has 0 spiro atoms. The highest BCUT2D eigenvalue weighted by atomic mass is 16.8. The Kier molecular flexibility index (Phi) is 2.49. The van der Waals surface area contributed by atoms with E-state index in [1.165, 1.54) is 0 Å². The lowest BCUT2D eigenvalue weighted by Gasteiger charge is -2.39. The van der Waals surface area contributed by atoms with Crippen LogP contribution in [-0.2, 0) is 9.47 Å². The standard InChI is InChI=1S/C6H6N8O10/c15-11(16)7-1-3-8(12(17)18)2-4(7)24-6(10(2)14(21)22)5(23-3)9(1)13(19)20/h1-6H. The zero-order chi connectivity index (χ0) is 17.5. The quantitative estimate of drug-likeness (QED) is 0.366. The molecule has 24 heavy (non-hydrogen) atoms. The van der Waals surface area contributed by atoms with E-state index in [0.29, 0.717) is 0 Å². The van der Waals surface area contributed by atoms with Crippen LogP contribution in [0.15, 0.2) is 0 Å². The third kappa shape index (κ3) is 1.40. The average Bonchev–Trinajstić information content (AvgIpc) is 2.92. The first-order chi connectivity index (χ1) is 11.3. The lowest BCUT2D eigenvalue weighted by molar-refractivity contribution is -0.783. The summed E-state index contributed by atoms with van der Waals surface area (Å²) in [4.78, 5) is 45.3. The van der Waals surface area contributed by atoms with Crippen molar-refractivity contribution in [2.75, 3.05) is 0 Å². The molecule has 5 rings (SSSR count). The van der Waals surface area contributed by atoms with Crippen molar-refractivity contribution in [1.29, 1.82) is 0 Å². The Bertz CT molecular complexity index is 616. The molecule has 6 unspecified atom stereocenters. The topological polar surface area (TPSA) is 204 Å². The van der Waals surface area contributed by atoms with Crippen LogP contribution < -0.4 is 0 Å². The number of hydrogen-bond donors (Lipinski definition) is 0. The molecule has 18 heteroatoms. The number of ether oxygens (including phenoxy) is 2. The minimum Gasteiger partial charge on any atom is -0.315 e. The van der Waals surface area contributed by atoms with Gasteiger partial charge < -0.3 is 9.47 Å². The van der Waals surface area contributed by atoms with Gasteiger partial charge in [0.15, 0.2) is 20.1 Å². The van der Waals surface area contributed by atoms with Crippen molar-refractivity contribution in [3.05, 3.63) is 40.5 Å². The van der Waals surface area contributed by atoms with Crippen LogP contribution >= 0.6 is 0 Å². The summed E-state index contributed by atoms with van der Waals surface area (Å²) in [5.41, 5.74) is 0. The molecule has 0 radical (unpaired) electrons. The molecule has 0 saturated carbocycles. The fourth-order valence-electron chi connectivity index (χ4n) is 3.47. The number of hydrogen-bond acceptors (Lipinski definition) is 10. The van der Waals surface area contributed by atoms with Gasteiger partial charge in [-0.3, -0.25) is 0 Å². The SMILES string of the molecule is O=[N+]([O-])N1C2OC3C1N([N+](=O)[O-])C1OC2N([N+](=O)[O-])C1N3[N+](=O)[O-]. The van der Waals surface area contributed by atoms with Crippen LogP contribution in [0.3, 0.4) is 0 Å². The third-order valence-corrected chi connectivity index (χ3v) is 4.19. The number of piperazine rings is 1. The Labute approximate surface area is 128 Å². The summed E-state index contributed by atoms with van der Waals surface area (Å²) in [5, 5.41) is 42.0. The Morgan fingerprint density at radius 1 is 0.542 bits per heavy atom. The second-order valence-corrected chi connectivity index (χ2v) is 5.13. The minimum atomic E-state index is -1.79. The van der Waals surface area contributed by atoms with Crippen LogP contribution in [0.25, 0.3) is 0 Å². The van der Waals surface area contributed by atoms with Crippen molar-refractivity contribution in [3.63, 3.8) is 0 Å². The van der Waals surface area contributed by atoms with Crippen LogP contribution in [0.1, 0.15) is 0 Å². The molecule has 130 valence electrons. The summed E-state index contributed by atoms with van der Waals surface area (Å²) in [6, 6.07) is 0. The molecule has 5 fully saturated rings. The van der Waals surface area contributed by atoms with Gasteiger partial charge in [0.25, 0.3) is 12.3 Å². The smallest absolute Gasteiger partial charge is 0.273 e. The van der Waals surface area contributed by atoms with Crippen molar-refractivity contribution >= 4 is 0 Å². The van der Waals surface area contributed by atoms with Gasteiger partial charge in [0.05, 0.1) is 0 Å². The molecular weight excluding hydrogens is 344 g/mol. The second kappa shape index (κ2) is 4.17. The number of hydrazine groups is 4. The van der Waals surface area contributed by atoms with Gasteiger partial charge in [-0.25, -0.2) is 40.5 Å². The lowest BCUT2D eigenvalue weighted by atomic mass is 10.2. The molecule has 5 aliphatic heterocycles. The lowest BCUT2D eigenvalue weighted by Crippen LogP contribution is -2.74. The van der Waals surface area contributed by atoms with E-state index in [0.717, 1.165) is 0 Å². The van der Waals surface area contributed by atoms with E-state index in [9.17, 15) is 40.5 Å². The Balaban J connectivity index is 1.94. The maximum Gasteiger partial charge on any atom is 0.273 e. The third-order valence-electron chi connectivity index (χ3n) is 4.19. The summed E-state index contributed by atoms with van der Waals surface area (Å²) in [5.74, 6) is 0. The summed E-state index contributed by atoms with van der Waals surface area (Å²) in [6.07, 6.45) is -10.6. The van der Waals surface area contributed by atoms with Gasteiger partial charge in [-0.1, -0.05) is 20.0 Å². The van der Waals surface area contributed by atoms with E-state index in [1.807, 2.05) is 0 Å². The monoisotopic (exact) mass is 350 g/mol. The van der Waals surface area contributed by atoms with E-state index in [2.05, 4.69) is 0 Å². The van der Waals surface area contributed by atoms with Gasteiger partial charge in [-0.2, -0.15) is 0 Å². The Hall–Kier alpha value is -3.28. The zero-order valence-electron chi connectivity index (χ0n) is 11.1. The van der Waals surface area contributed by atoms with Gasteiger partial charge in [-0.15, -0.1) is 0 Å². The van der Waals surface area contributed by atoms with Crippen LogP contribution in [0.2, 0.25) is 0 Å². The summed E-state index contributed by atoms with van der Waals surface area (Å²) in [6.45, 7) is 0. The molecule has 0 aromatic rings. The highest BCUT2D eigenvalue weighted by Gasteiger charge is 2.81. The van der Waals surface area contributed by atoms with Crippen LogP contribution in [0.4, 0.5) is 0 Å². The largest absolute Gasteiger partial charge is 0.315 e. The molecule has 0 amide bonds. The van der Waals surface area contributed by atoms with Crippen LogP contribution in [-0.4, -0.2) is 77.4 Å². The first-order valence-corrected chi connectivity index (χ1v) is 6.27. The number of nitrogens with zero attached hydrogens (tertiary/aromatic N) is 8.